The Hall–Kier alpha value is 0.540. The lowest BCUT2D eigenvalue weighted by Gasteiger charge is -2.28. The molecule has 0 aromatic heterocycles. The van der Waals surface area contributed by atoms with E-state index >= 15 is 0 Å². The lowest BCUT2D eigenvalue weighted by atomic mass is 10.1. The summed E-state index contributed by atoms with van der Waals surface area (Å²) in [7, 11) is -5.04. The van der Waals surface area contributed by atoms with Crippen molar-refractivity contribution in [2.45, 2.75) is 125 Å². The molecule has 0 aliphatic carbocycles. The van der Waals surface area contributed by atoms with Gasteiger partial charge in [-0.2, -0.15) is 0 Å². The van der Waals surface area contributed by atoms with Gasteiger partial charge in [0.05, 0.1) is 31.3 Å². The van der Waals surface area contributed by atoms with Crippen molar-refractivity contribution < 1.29 is 18.9 Å². The van der Waals surface area contributed by atoms with E-state index in [4.69, 9.17) is 4.89 Å². The Kier molecular flexibility index (Phi) is 24.8. The van der Waals surface area contributed by atoms with Crippen molar-refractivity contribution >= 4 is 15.1 Å². The first kappa shape index (κ1) is 32.7. The van der Waals surface area contributed by atoms with Crippen LogP contribution in [0, 0.1) is 0 Å². The quantitative estimate of drug-likeness (QED) is 0.145. The summed E-state index contributed by atoms with van der Waals surface area (Å²) in [5.41, 5.74) is 0. The van der Waals surface area contributed by atoms with Crippen LogP contribution in [0.5, 0.6) is 0 Å². The van der Waals surface area contributed by atoms with Gasteiger partial charge in [0.15, 0.2) is 0 Å². The molecule has 1 N–H and O–H groups in total. The van der Waals surface area contributed by atoms with Gasteiger partial charge in [-0.05, 0) is 32.1 Å². The van der Waals surface area contributed by atoms with Crippen LogP contribution in [0.25, 0.3) is 0 Å². The van der Waals surface area contributed by atoms with Crippen molar-refractivity contribution in [1.29, 1.82) is 0 Å². The van der Waals surface area contributed by atoms with E-state index in [1.807, 2.05) is 0 Å². The zero-order valence-corrected chi connectivity index (χ0v) is 22.8. The molecule has 0 aliphatic heterocycles. The Labute approximate surface area is 189 Å². The number of hydrogen-bond acceptors (Lipinski definition) is 3. The minimum Gasteiger partial charge on any atom is -0.756 e. The maximum Gasteiger partial charge on any atom is 0.265 e. The monoisotopic (exact) mass is 468 g/mol. The summed E-state index contributed by atoms with van der Waals surface area (Å²) in [5, 5.41) is 0. The highest BCUT2D eigenvalue weighted by Gasteiger charge is 2.34. The molecular formula is C24H54O4P2. The van der Waals surface area contributed by atoms with Gasteiger partial charge in [0, 0.05) is 7.26 Å². The van der Waals surface area contributed by atoms with Crippen LogP contribution in [0.3, 0.4) is 0 Å². The van der Waals surface area contributed by atoms with Crippen molar-refractivity contribution in [3.8, 4) is 0 Å². The Morgan fingerprint density at radius 3 is 1.30 bits per heavy atom. The van der Waals surface area contributed by atoms with Crippen LogP contribution in [0.15, 0.2) is 0 Å². The third kappa shape index (κ3) is 23.2. The second-order valence-electron chi connectivity index (χ2n) is 8.72. The number of phosphoric ester groups is 1. The van der Waals surface area contributed by atoms with Crippen LogP contribution < -0.4 is 4.89 Å². The molecule has 0 heterocycles. The van der Waals surface area contributed by atoms with Crippen molar-refractivity contribution in [2.75, 3.05) is 31.3 Å². The van der Waals surface area contributed by atoms with E-state index in [1.54, 1.807) is 24.6 Å². The molecule has 0 bridgehead atoms. The third-order valence-electron chi connectivity index (χ3n) is 5.70. The molecule has 0 aromatic carbocycles. The second-order valence-corrected chi connectivity index (χ2v) is 14.4. The lowest BCUT2D eigenvalue weighted by Crippen LogP contribution is -2.12. The van der Waals surface area contributed by atoms with E-state index in [2.05, 4.69) is 39.1 Å². The summed E-state index contributed by atoms with van der Waals surface area (Å²) in [6.45, 7) is 11.7. The zero-order valence-electron chi connectivity index (χ0n) is 21.0. The maximum atomic E-state index is 10.1. The molecule has 0 saturated heterocycles. The van der Waals surface area contributed by atoms with Gasteiger partial charge in [0.1, 0.15) is 0 Å². The fourth-order valence-electron chi connectivity index (χ4n) is 3.71. The van der Waals surface area contributed by atoms with Gasteiger partial charge in [0.25, 0.3) is 7.82 Å². The van der Waals surface area contributed by atoms with Gasteiger partial charge in [-0.1, -0.05) is 92.4 Å². The van der Waals surface area contributed by atoms with Gasteiger partial charge < -0.3 is 14.3 Å². The first-order valence-electron chi connectivity index (χ1n) is 12.8. The molecule has 30 heavy (non-hydrogen) atoms. The largest absolute Gasteiger partial charge is 0.756 e. The average molecular weight is 469 g/mol. The van der Waals surface area contributed by atoms with Gasteiger partial charge in [0.2, 0.25) is 0 Å². The Morgan fingerprint density at radius 1 is 0.633 bits per heavy atom. The highest BCUT2D eigenvalue weighted by atomic mass is 31.2. The van der Waals surface area contributed by atoms with Gasteiger partial charge in [-0.25, -0.2) is 0 Å². The first-order valence-corrected chi connectivity index (χ1v) is 16.9. The summed E-state index contributed by atoms with van der Waals surface area (Å²) in [6, 6.07) is 0. The smallest absolute Gasteiger partial charge is 0.265 e. The van der Waals surface area contributed by atoms with Crippen LogP contribution in [-0.4, -0.2) is 36.1 Å². The Morgan fingerprint density at radius 2 is 0.967 bits per heavy atom. The van der Waals surface area contributed by atoms with Gasteiger partial charge >= 0.3 is 0 Å². The molecule has 0 aliphatic rings. The first-order chi connectivity index (χ1) is 14.3. The van der Waals surface area contributed by atoms with Crippen LogP contribution >= 0.6 is 15.1 Å². The topological polar surface area (TPSA) is 69.6 Å². The molecule has 0 radical (unpaired) electrons. The van der Waals surface area contributed by atoms with Gasteiger partial charge in [-0.3, -0.25) is 4.57 Å². The fraction of sp³-hybridized carbons (Fsp3) is 1.00. The molecule has 184 valence electrons. The van der Waals surface area contributed by atoms with Crippen molar-refractivity contribution in [2.24, 2.45) is 0 Å². The zero-order chi connectivity index (χ0) is 23.1. The van der Waals surface area contributed by atoms with E-state index in [1.165, 1.54) is 70.6 Å². The van der Waals surface area contributed by atoms with Crippen LogP contribution in [-0.2, 0) is 9.09 Å². The molecule has 4 nitrogen and oxygen atoms in total. The third-order valence-corrected chi connectivity index (χ3v) is 11.3. The second kappa shape index (κ2) is 22.7. The molecule has 6 heteroatoms. The number of hydrogen-bond donors (Lipinski definition) is 1. The number of phosphoric acid groups is 1. The summed E-state index contributed by atoms with van der Waals surface area (Å²) in [6.07, 6.45) is 24.3. The minimum absolute atomic E-state index is 0.101. The molecule has 0 fully saturated rings. The predicted octanol–water partition coefficient (Wildman–Crippen LogP) is 8.03. The highest BCUT2D eigenvalue weighted by molar-refractivity contribution is 7.75. The SMILES string of the molecule is CCCCCCCCOP(=O)([O-])O.CCCC[P+](CCCC)(CCCC)CCCC. The molecule has 0 amide bonds. The summed E-state index contributed by atoms with van der Waals surface area (Å²) in [5.74, 6) is 0. The Bertz CT molecular complexity index is 348. The molecule has 0 saturated carbocycles. The van der Waals surface area contributed by atoms with E-state index in [0.29, 0.717) is 6.42 Å². The average Bonchev–Trinajstić information content (AvgIpc) is 2.72. The van der Waals surface area contributed by atoms with Gasteiger partial charge in [-0.15, -0.1) is 0 Å². The van der Waals surface area contributed by atoms with Crippen LogP contribution in [0.2, 0.25) is 0 Å². The van der Waals surface area contributed by atoms with Crippen LogP contribution in [0.4, 0.5) is 0 Å². The van der Waals surface area contributed by atoms with E-state index in [-0.39, 0.29) is 6.61 Å². The maximum absolute atomic E-state index is 10.1. The fourth-order valence-corrected chi connectivity index (χ4v) is 9.36. The Balaban J connectivity index is 0. The molecule has 0 aromatic rings. The van der Waals surface area contributed by atoms with Crippen molar-refractivity contribution in [1.82, 2.24) is 0 Å². The van der Waals surface area contributed by atoms with E-state index in [0.717, 1.165) is 12.8 Å². The summed E-state index contributed by atoms with van der Waals surface area (Å²) in [4.78, 5) is 18.4. The molecule has 0 rings (SSSR count). The minimum atomic E-state index is -4.48. The molecular weight excluding hydrogens is 414 g/mol. The van der Waals surface area contributed by atoms with E-state index < -0.39 is 15.1 Å². The molecule has 1 unspecified atom stereocenters. The van der Waals surface area contributed by atoms with Crippen molar-refractivity contribution in [3.05, 3.63) is 0 Å². The summed E-state index contributed by atoms with van der Waals surface area (Å²) < 4.78 is 14.3. The predicted molar refractivity (Wildman–Crippen MR) is 135 cm³/mol. The highest BCUT2D eigenvalue weighted by Crippen LogP contribution is 2.61. The number of rotatable bonds is 20. The van der Waals surface area contributed by atoms with E-state index in [9.17, 15) is 9.46 Å². The van der Waals surface area contributed by atoms with Crippen LogP contribution in [0.1, 0.15) is 125 Å². The number of unbranched alkanes of at least 4 members (excludes halogenated alkanes) is 9. The lowest BCUT2D eigenvalue weighted by molar-refractivity contribution is -0.219. The van der Waals surface area contributed by atoms with Crippen molar-refractivity contribution in [3.63, 3.8) is 0 Å². The normalized spacial score (nSPS) is 13.6. The molecule has 0 spiro atoms. The molecule has 1 atom stereocenters. The summed E-state index contributed by atoms with van der Waals surface area (Å²) >= 11 is 0. The standard InChI is InChI=1S/C16H36P.C8H19O4P/c1-5-9-13-17(14-10-6-2,15-11-7-3)16-12-8-4;1-2-3-4-5-6-7-8-12-13(9,10)11/h5-16H2,1-4H3;2-8H2,1H3,(H2,9,10,11)/q+1;/p-1.